The zero-order valence-electron chi connectivity index (χ0n) is 11.5. The molecule has 0 spiro atoms. The number of halogens is 3. The summed E-state index contributed by atoms with van der Waals surface area (Å²) in [4.78, 5) is 11.8. The molecule has 0 aromatic heterocycles. The van der Waals surface area contributed by atoms with Crippen molar-refractivity contribution >= 4 is 5.97 Å². The summed E-state index contributed by atoms with van der Waals surface area (Å²) in [6, 6.07) is 8.20. The predicted octanol–water partition coefficient (Wildman–Crippen LogP) is 4.20. The molecule has 0 aliphatic carbocycles. The van der Waals surface area contributed by atoms with Crippen LogP contribution in [0.3, 0.4) is 0 Å². The van der Waals surface area contributed by atoms with Gasteiger partial charge in [0.1, 0.15) is 5.60 Å². The smallest absolute Gasteiger partial charge is 0.393 e. The van der Waals surface area contributed by atoms with Crippen LogP contribution in [0.5, 0.6) is 0 Å². The van der Waals surface area contributed by atoms with Crippen LogP contribution in [0.1, 0.15) is 38.7 Å². The predicted molar refractivity (Wildman–Crippen MR) is 67.9 cm³/mol. The topological polar surface area (TPSA) is 26.3 Å². The number of carbonyl (C=O) groups is 1. The van der Waals surface area contributed by atoms with E-state index >= 15 is 0 Å². The molecule has 1 atom stereocenters. The highest BCUT2D eigenvalue weighted by Crippen LogP contribution is 2.49. The van der Waals surface area contributed by atoms with Crippen molar-refractivity contribution in [2.75, 3.05) is 0 Å². The SMILES string of the molecule is CC1(C)CC(=O)O[C@](CC(F)(F)F)(c2ccccc2)C1. The normalized spacial score (nSPS) is 26.1. The van der Waals surface area contributed by atoms with Gasteiger partial charge in [-0.25, -0.2) is 0 Å². The zero-order chi connectivity index (χ0) is 15.0. The summed E-state index contributed by atoms with van der Waals surface area (Å²) in [5.74, 6) is -0.575. The van der Waals surface area contributed by atoms with Gasteiger partial charge in [0.25, 0.3) is 0 Å². The Balaban J connectivity index is 2.47. The monoisotopic (exact) mass is 286 g/mol. The molecule has 0 N–H and O–H groups in total. The second-order valence-electron chi connectivity index (χ2n) is 6.14. The summed E-state index contributed by atoms with van der Waals surface area (Å²) < 4.78 is 44.1. The molecule has 0 saturated carbocycles. The van der Waals surface area contributed by atoms with Crippen LogP contribution in [0.4, 0.5) is 13.2 Å². The average Bonchev–Trinajstić information content (AvgIpc) is 2.24. The van der Waals surface area contributed by atoms with Crippen LogP contribution in [0.15, 0.2) is 30.3 Å². The molecule has 0 unspecified atom stereocenters. The van der Waals surface area contributed by atoms with Crippen molar-refractivity contribution in [3.8, 4) is 0 Å². The highest BCUT2D eigenvalue weighted by molar-refractivity contribution is 5.72. The summed E-state index contributed by atoms with van der Waals surface area (Å²) in [6.45, 7) is 3.59. The highest BCUT2D eigenvalue weighted by Gasteiger charge is 2.52. The molecule has 20 heavy (non-hydrogen) atoms. The number of benzene rings is 1. The Labute approximate surface area is 115 Å². The van der Waals surface area contributed by atoms with Gasteiger partial charge in [-0.2, -0.15) is 13.2 Å². The Morgan fingerprint density at radius 2 is 1.80 bits per heavy atom. The molecule has 0 amide bonds. The molecule has 1 aromatic rings. The van der Waals surface area contributed by atoms with Crippen molar-refractivity contribution in [3.63, 3.8) is 0 Å². The first-order valence-corrected chi connectivity index (χ1v) is 6.46. The Morgan fingerprint density at radius 3 is 2.30 bits per heavy atom. The fourth-order valence-electron chi connectivity index (χ4n) is 2.94. The van der Waals surface area contributed by atoms with Crippen molar-refractivity contribution in [2.24, 2.45) is 5.41 Å². The average molecular weight is 286 g/mol. The Morgan fingerprint density at radius 1 is 1.20 bits per heavy atom. The largest absolute Gasteiger partial charge is 0.454 e. The van der Waals surface area contributed by atoms with Gasteiger partial charge in [0, 0.05) is 0 Å². The van der Waals surface area contributed by atoms with Gasteiger partial charge in [-0.3, -0.25) is 4.79 Å². The van der Waals surface area contributed by atoms with Gasteiger partial charge < -0.3 is 4.74 Å². The van der Waals surface area contributed by atoms with Gasteiger partial charge in [0.15, 0.2) is 0 Å². The molecule has 5 heteroatoms. The molecular formula is C15H17F3O2. The lowest BCUT2D eigenvalue weighted by Gasteiger charge is -2.44. The minimum atomic E-state index is -4.40. The third-order valence-electron chi connectivity index (χ3n) is 3.48. The maximum Gasteiger partial charge on any atom is 0.393 e. The van der Waals surface area contributed by atoms with Crippen LogP contribution in [-0.2, 0) is 15.1 Å². The van der Waals surface area contributed by atoms with Crippen molar-refractivity contribution < 1.29 is 22.7 Å². The van der Waals surface area contributed by atoms with Crippen molar-refractivity contribution in [2.45, 2.75) is 44.9 Å². The van der Waals surface area contributed by atoms with Gasteiger partial charge >= 0.3 is 12.1 Å². The number of rotatable bonds is 2. The molecule has 1 fully saturated rings. The lowest BCUT2D eigenvalue weighted by atomic mass is 9.71. The molecule has 2 rings (SSSR count). The molecule has 2 nitrogen and oxygen atoms in total. The molecule has 1 aliphatic heterocycles. The number of carbonyl (C=O) groups excluding carboxylic acids is 1. The molecule has 110 valence electrons. The first-order chi connectivity index (χ1) is 9.12. The molecule has 1 heterocycles. The van der Waals surface area contributed by atoms with Gasteiger partial charge in [-0.05, 0) is 17.4 Å². The maximum atomic E-state index is 13.0. The fourth-order valence-corrected chi connectivity index (χ4v) is 2.94. The number of hydrogen-bond acceptors (Lipinski definition) is 2. The van der Waals surface area contributed by atoms with E-state index in [2.05, 4.69) is 0 Å². The maximum absolute atomic E-state index is 13.0. The van der Waals surface area contributed by atoms with E-state index in [0.717, 1.165) is 0 Å². The second-order valence-corrected chi connectivity index (χ2v) is 6.14. The first-order valence-electron chi connectivity index (χ1n) is 6.46. The standard InChI is InChI=1S/C15H17F3O2/c1-13(2)8-12(19)20-14(9-13,10-15(16,17)18)11-6-4-3-5-7-11/h3-7H,8-10H2,1-2H3/t14-/m1/s1. The van der Waals surface area contributed by atoms with E-state index < -0.39 is 29.6 Å². The quantitative estimate of drug-likeness (QED) is 0.762. The zero-order valence-corrected chi connectivity index (χ0v) is 11.5. The Bertz CT molecular complexity index is 490. The van der Waals surface area contributed by atoms with Crippen molar-refractivity contribution in [1.82, 2.24) is 0 Å². The minimum absolute atomic E-state index is 0.138. The Hall–Kier alpha value is -1.52. The van der Waals surface area contributed by atoms with E-state index in [9.17, 15) is 18.0 Å². The number of hydrogen-bond donors (Lipinski definition) is 0. The summed E-state index contributed by atoms with van der Waals surface area (Å²) in [5.41, 5.74) is -1.73. The summed E-state index contributed by atoms with van der Waals surface area (Å²) in [5, 5.41) is 0. The van der Waals surface area contributed by atoms with E-state index in [0.29, 0.717) is 5.56 Å². The van der Waals surface area contributed by atoms with Gasteiger partial charge in [-0.15, -0.1) is 0 Å². The highest BCUT2D eigenvalue weighted by atomic mass is 19.4. The first kappa shape index (κ1) is 14.9. The van der Waals surface area contributed by atoms with E-state index in [1.54, 1.807) is 44.2 Å². The fraction of sp³-hybridized carbons (Fsp3) is 0.533. The van der Waals surface area contributed by atoms with E-state index in [4.69, 9.17) is 4.74 Å². The van der Waals surface area contributed by atoms with E-state index in [1.807, 2.05) is 0 Å². The van der Waals surface area contributed by atoms with Gasteiger partial charge in [-0.1, -0.05) is 44.2 Å². The van der Waals surface area contributed by atoms with E-state index in [1.165, 1.54) is 0 Å². The number of esters is 1. The third-order valence-corrected chi connectivity index (χ3v) is 3.48. The summed E-state index contributed by atoms with van der Waals surface area (Å²) in [7, 11) is 0. The molecular weight excluding hydrogens is 269 g/mol. The molecule has 1 aromatic carbocycles. The van der Waals surface area contributed by atoms with Crippen LogP contribution >= 0.6 is 0 Å². The van der Waals surface area contributed by atoms with Crippen LogP contribution in [-0.4, -0.2) is 12.1 Å². The minimum Gasteiger partial charge on any atom is -0.454 e. The van der Waals surface area contributed by atoms with Crippen LogP contribution in [0.25, 0.3) is 0 Å². The number of alkyl halides is 3. The second kappa shape index (κ2) is 4.79. The summed E-state index contributed by atoms with van der Waals surface area (Å²) >= 11 is 0. The number of cyclic esters (lactones) is 1. The summed E-state index contributed by atoms with van der Waals surface area (Å²) in [6.07, 6.45) is -5.25. The molecule has 1 saturated heterocycles. The van der Waals surface area contributed by atoms with Crippen LogP contribution < -0.4 is 0 Å². The lowest BCUT2D eigenvalue weighted by Crippen LogP contribution is -2.46. The van der Waals surface area contributed by atoms with Crippen LogP contribution in [0, 0.1) is 5.41 Å². The van der Waals surface area contributed by atoms with Crippen LogP contribution in [0.2, 0.25) is 0 Å². The van der Waals surface area contributed by atoms with Crippen molar-refractivity contribution in [1.29, 1.82) is 0 Å². The molecule has 0 bridgehead atoms. The van der Waals surface area contributed by atoms with Crippen molar-refractivity contribution in [3.05, 3.63) is 35.9 Å². The molecule has 1 aliphatic rings. The van der Waals surface area contributed by atoms with E-state index in [-0.39, 0.29) is 12.8 Å². The van der Waals surface area contributed by atoms with Gasteiger partial charge in [0.2, 0.25) is 0 Å². The Kier molecular flexibility index (Phi) is 3.56. The molecule has 0 radical (unpaired) electrons. The third kappa shape index (κ3) is 3.32. The number of ether oxygens (including phenoxy) is 1. The lowest BCUT2D eigenvalue weighted by molar-refractivity contribution is -0.216. The van der Waals surface area contributed by atoms with Gasteiger partial charge in [0.05, 0.1) is 12.8 Å².